The molecule has 1 N–H and O–H groups in total. The first-order chi connectivity index (χ1) is 15.1. The van der Waals surface area contributed by atoms with E-state index in [0.717, 1.165) is 31.4 Å². The Morgan fingerprint density at radius 2 is 1.74 bits per heavy atom. The van der Waals surface area contributed by atoms with Crippen molar-refractivity contribution < 1.29 is 23.9 Å². The van der Waals surface area contributed by atoms with Crippen LogP contribution in [-0.4, -0.2) is 46.9 Å². The lowest BCUT2D eigenvalue weighted by Crippen LogP contribution is -2.30. The van der Waals surface area contributed by atoms with Gasteiger partial charge in [-0.25, -0.2) is 0 Å². The van der Waals surface area contributed by atoms with Gasteiger partial charge in [-0.1, -0.05) is 18.2 Å². The molecule has 2 aromatic carbocycles. The van der Waals surface area contributed by atoms with Crippen LogP contribution in [0.2, 0.25) is 0 Å². The van der Waals surface area contributed by atoms with Crippen LogP contribution in [0.3, 0.4) is 0 Å². The molecule has 0 spiro atoms. The Hall–Kier alpha value is -3.81. The number of fused-ring (bicyclic) bond motifs is 2. The van der Waals surface area contributed by atoms with Gasteiger partial charge in [-0.3, -0.25) is 14.4 Å². The monoisotopic (exact) mass is 419 g/mol. The molecule has 0 unspecified atom stereocenters. The van der Waals surface area contributed by atoms with E-state index in [-0.39, 0.29) is 24.8 Å². The lowest BCUT2D eigenvalue weighted by molar-refractivity contribution is -0.130. The second kappa shape index (κ2) is 7.79. The van der Waals surface area contributed by atoms with Gasteiger partial charge in [0.2, 0.25) is 12.7 Å². The molecule has 3 aromatic rings. The Bertz CT molecular complexity index is 1190. The van der Waals surface area contributed by atoms with Crippen molar-refractivity contribution in [1.82, 2.24) is 9.47 Å². The maximum Gasteiger partial charge on any atom is 0.296 e. The largest absolute Gasteiger partial charge is 0.454 e. The summed E-state index contributed by atoms with van der Waals surface area (Å²) in [5.74, 6) is -0.298. The van der Waals surface area contributed by atoms with E-state index in [1.807, 2.05) is 23.1 Å². The molecule has 31 heavy (non-hydrogen) atoms. The van der Waals surface area contributed by atoms with Crippen LogP contribution in [0.4, 0.5) is 5.69 Å². The average Bonchev–Trinajstić information content (AvgIpc) is 3.53. The number of amides is 2. The Kier molecular flexibility index (Phi) is 4.82. The molecule has 5 rings (SSSR count). The Labute approximate surface area is 178 Å². The highest BCUT2D eigenvalue weighted by Crippen LogP contribution is 2.34. The molecule has 1 fully saturated rings. The summed E-state index contributed by atoms with van der Waals surface area (Å²) >= 11 is 0. The van der Waals surface area contributed by atoms with Crippen molar-refractivity contribution in [2.24, 2.45) is 0 Å². The summed E-state index contributed by atoms with van der Waals surface area (Å²) in [4.78, 5) is 40.1. The Balaban J connectivity index is 1.39. The fourth-order valence-corrected chi connectivity index (χ4v) is 4.06. The number of nitrogens with zero attached hydrogens (tertiary/aromatic N) is 2. The van der Waals surface area contributed by atoms with Gasteiger partial charge < -0.3 is 24.3 Å². The quantitative estimate of drug-likeness (QED) is 0.507. The summed E-state index contributed by atoms with van der Waals surface area (Å²) in [5.41, 5.74) is 1.45. The van der Waals surface area contributed by atoms with Crippen molar-refractivity contribution in [3.05, 3.63) is 54.2 Å². The zero-order valence-electron chi connectivity index (χ0n) is 16.8. The van der Waals surface area contributed by atoms with Crippen LogP contribution in [-0.2, 0) is 16.1 Å². The van der Waals surface area contributed by atoms with Crippen LogP contribution in [0.15, 0.2) is 48.7 Å². The number of carbonyl (C=O) groups excluding carboxylic acids is 3. The van der Waals surface area contributed by atoms with E-state index in [2.05, 4.69) is 5.32 Å². The van der Waals surface area contributed by atoms with Crippen molar-refractivity contribution in [3.63, 3.8) is 0 Å². The van der Waals surface area contributed by atoms with Gasteiger partial charge in [0.05, 0.1) is 5.56 Å². The minimum atomic E-state index is -0.757. The second-order valence-electron chi connectivity index (χ2n) is 7.63. The van der Waals surface area contributed by atoms with Crippen molar-refractivity contribution in [3.8, 4) is 11.5 Å². The third kappa shape index (κ3) is 3.61. The van der Waals surface area contributed by atoms with Gasteiger partial charge in [-0.2, -0.15) is 0 Å². The first kappa shape index (κ1) is 19.2. The second-order valence-corrected chi connectivity index (χ2v) is 7.63. The number of anilines is 1. The predicted octanol–water partition coefficient (Wildman–Crippen LogP) is 2.81. The van der Waals surface area contributed by atoms with Crippen molar-refractivity contribution in [1.29, 1.82) is 0 Å². The number of rotatable bonds is 5. The van der Waals surface area contributed by atoms with E-state index in [4.69, 9.17) is 9.47 Å². The fraction of sp³-hybridized carbons (Fsp3) is 0.261. The number of Topliss-reactive ketones (excluding diaryl/α,β-unsaturated/α-hetero) is 1. The SMILES string of the molecule is O=C(Nc1ccc2c(c1)OCO2)C(=O)c1cn(CC(=O)N2CCCC2)c2ccccc12. The van der Waals surface area contributed by atoms with Crippen LogP contribution in [0.1, 0.15) is 23.2 Å². The summed E-state index contributed by atoms with van der Waals surface area (Å²) in [6.07, 6.45) is 3.63. The summed E-state index contributed by atoms with van der Waals surface area (Å²) < 4.78 is 12.3. The maximum atomic E-state index is 13.0. The van der Waals surface area contributed by atoms with Crippen LogP contribution >= 0.6 is 0 Å². The van der Waals surface area contributed by atoms with E-state index >= 15 is 0 Å². The molecule has 158 valence electrons. The van der Waals surface area contributed by atoms with Gasteiger partial charge in [0.25, 0.3) is 11.7 Å². The molecular weight excluding hydrogens is 398 g/mol. The molecule has 2 aliphatic rings. The van der Waals surface area contributed by atoms with Gasteiger partial charge in [-0.15, -0.1) is 0 Å². The van der Waals surface area contributed by atoms with Crippen molar-refractivity contribution >= 4 is 34.2 Å². The molecular formula is C23H21N3O5. The smallest absolute Gasteiger partial charge is 0.296 e. The summed E-state index contributed by atoms with van der Waals surface area (Å²) in [6, 6.07) is 12.2. The van der Waals surface area contributed by atoms with E-state index in [9.17, 15) is 14.4 Å². The molecule has 1 saturated heterocycles. The molecule has 0 bridgehead atoms. The van der Waals surface area contributed by atoms with E-state index in [1.165, 1.54) is 0 Å². The highest BCUT2D eigenvalue weighted by molar-refractivity contribution is 6.48. The molecule has 2 amide bonds. The first-order valence-corrected chi connectivity index (χ1v) is 10.2. The number of carbonyl (C=O) groups is 3. The minimum absolute atomic E-state index is 0.0158. The van der Waals surface area contributed by atoms with E-state index in [1.54, 1.807) is 35.0 Å². The molecule has 3 heterocycles. The standard InChI is InChI=1S/C23H21N3O5/c27-21(25-9-3-4-10-25)13-26-12-17(16-5-1-2-6-18(16)26)22(28)23(29)24-15-7-8-19-20(11-15)31-14-30-19/h1-2,5-8,11-12H,3-4,9-10,13-14H2,(H,24,29). The maximum absolute atomic E-state index is 13.0. The molecule has 2 aliphatic heterocycles. The number of aromatic nitrogens is 1. The number of para-hydroxylation sites is 1. The zero-order valence-corrected chi connectivity index (χ0v) is 16.8. The van der Waals surface area contributed by atoms with E-state index in [0.29, 0.717) is 22.6 Å². The van der Waals surface area contributed by atoms with Gasteiger partial charge >= 0.3 is 0 Å². The molecule has 1 aromatic heterocycles. The van der Waals surface area contributed by atoms with Crippen LogP contribution in [0.25, 0.3) is 10.9 Å². The van der Waals surface area contributed by atoms with Gasteiger partial charge in [0.1, 0.15) is 6.54 Å². The normalized spacial score (nSPS) is 14.8. The Morgan fingerprint density at radius 3 is 2.58 bits per heavy atom. The van der Waals surface area contributed by atoms with Crippen LogP contribution in [0, 0.1) is 0 Å². The molecule has 0 atom stereocenters. The average molecular weight is 419 g/mol. The highest BCUT2D eigenvalue weighted by atomic mass is 16.7. The van der Waals surface area contributed by atoms with E-state index < -0.39 is 11.7 Å². The lowest BCUT2D eigenvalue weighted by atomic mass is 10.1. The topological polar surface area (TPSA) is 89.9 Å². The van der Waals surface area contributed by atoms with Gasteiger partial charge in [0.15, 0.2) is 11.5 Å². The lowest BCUT2D eigenvalue weighted by Gasteiger charge is -2.15. The van der Waals surface area contributed by atoms with Gasteiger partial charge in [0, 0.05) is 41.9 Å². The predicted molar refractivity (Wildman–Crippen MR) is 113 cm³/mol. The van der Waals surface area contributed by atoms with Crippen LogP contribution in [0.5, 0.6) is 11.5 Å². The number of hydrogen-bond acceptors (Lipinski definition) is 5. The van der Waals surface area contributed by atoms with Gasteiger partial charge in [-0.05, 0) is 31.0 Å². The first-order valence-electron chi connectivity index (χ1n) is 10.2. The highest BCUT2D eigenvalue weighted by Gasteiger charge is 2.24. The number of nitrogens with one attached hydrogen (secondary N) is 1. The third-order valence-corrected chi connectivity index (χ3v) is 5.63. The fourth-order valence-electron chi connectivity index (χ4n) is 4.06. The summed E-state index contributed by atoms with van der Waals surface area (Å²) in [5, 5.41) is 3.26. The Morgan fingerprint density at radius 1 is 0.968 bits per heavy atom. The number of likely N-dealkylation sites (tertiary alicyclic amines) is 1. The minimum Gasteiger partial charge on any atom is -0.454 e. The number of ketones is 1. The van der Waals surface area contributed by atoms with Crippen molar-refractivity contribution in [2.75, 3.05) is 25.2 Å². The molecule has 0 radical (unpaired) electrons. The molecule has 8 heteroatoms. The number of hydrogen-bond donors (Lipinski definition) is 1. The zero-order chi connectivity index (χ0) is 21.4. The third-order valence-electron chi connectivity index (χ3n) is 5.63. The van der Waals surface area contributed by atoms with Crippen LogP contribution < -0.4 is 14.8 Å². The molecule has 0 aliphatic carbocycles. The summed E-state index contributed by atoms with van der Waals surface area (Å²) in [6.45, 7) is 1.79. The molecule has 0 saturated carbocycles. The van der Waals surface area contributed by atoms with Crippen molar-refractivity contribution in [2.45, 2.75) is 19.4 Å². The number of ether oxygens (including phenoxy) is 2. The molecule has 8 nitrogen and oxygen atoms in total. The number of benzene rings is 2. The summed E-state index contributed by atoms with van der Waals surface area (Å²) in [7, 11) is 0.